The fourth-order valence-corrected chi connectivity index (χ4v) is 3.12. The molecule has 0 atom stereocenters. The van der Waals surface area contributed by atoms with E-state index in [0.717, 1.165) is 5.56 Å². The van der Waals surface area contributed by atoms with Crippen molar-refractivity contribution < 1.29 is 14.3 Å². The first-order valence-electron chi connectivity index (χ1n) is 10.2. The lowest BCUT2D eigenvalue weighted by Crippen LogP contribution is -2.37. The second-order valence-electron chi connectivity index (χ2n) is 7.53. The van der Waals surface area contributed by atoms with Gasteiger partial charge in [0.2, 0.25) is 23.7 Å². The maximum atomic E-state index is 11.9. The lowest BCUT2D eigenvalue weighted by molar-refractivity contribution is -0.127. The Labute approximate surface area is 186 Å². The van der Waals surface area contributed by atoms with Crippen molar-refractivity contribution in [1.82, 2.24) is 24.8 Å². The van der Waals surface area contributed by atoms with E-state index in [1.54, 1.807) is 37.5 Å². The van der Waals surface area contributed by atoms with Crippen LogP contribution in [-0.4, -0.2) is 71.1 Å². The molecule has 0 unspecified atom stereocenters. The zero-order valence-electron chi connectivity index (χ0n) is 18.1. The average Bonchev–Trinajstić information content (AvgIpc) is 2.81. The van der Waals surface area contributed by atoms with Crippen LogP contribution in [0.5, 0.6) is 11.6 Å². The molecule has 1 aliphatic heterocycles. The Hall–Kier alpha value is -3.79. The van der Waals surface area contributed by atoms with Crippen molar-refractivity contribution in [3.05, 3.63) is 48.3 Å². The summed E-state index contributed by atoms with van der Waals surface area (Å²) in [4.78, 5) is 32.9. The Morgan fingerprint density at radius 1 is 1.12 bits per heavy atom. The molecular weight excluding hydrogens is 410 g/mol. The van der Waals surface area contributed by atoms with E-state index in [9.17, 15) is 4.79 Å². The number of carbonyl (C=O) groups is 1. The number of nitrogens with two attached hydrogens (primary N) is 1. The molecule has 10 nitrogen and oxygen atoms in total. The molecule has 3 heterocycles. The fraction of sp³-hybridized carbons (Fsp3) is 0.318. The third-order valence-corrected chi connectivity index (χ3v) is 4.95. The summed E-state index contributed by atoms with van der Waals surface area (Å²) in [6.07, 6.45) is 3.57. The number of hydrogen-bond donors (Lipinski definition) is 1. The highest BCUT2D eigenvalue weighted by Gasteiger charge is 2.17. The first kappa shape index (κ1) is 21.4. The standard InChI is InChI=1S/C22H25N7O3/c1-28(2)20(30)11-15-3-5-17(6-4-15)32-19-12-18(16-13-24-21(23)25-14-16)26-22(27-19)29-7-9-31-10-8-29/h3-6,12-14H,7-11H2,1-2H3,(H2,23,24,25). The van der Waals surface area contributed by atoms with E-state index >= 15 is 0 Å². The van der Waals surface area contributed by atoms with Crippen molar-refractivity contribution in [3.63, 3.8) is 0 Å². The van der Waals surface area contributed by atoms with Crippen molar-refractivity contribution in [3.8, 4) is 22.9 Å². The summed E-state index contributed by atoms with van der Waals surface area (Å²) in [6.45, 7) is 2.61. The molecule has 1 saturated heterocycles. The summed E-state index contributed by atoms with van der Waals surface area (Å²) >= 11 is 0. The maximum absolute atomic E-state index is 11.9. The number of carbonyl (C=O) groups excluding carboxylic acids is 1. The van der Waals surface area contributed by atoms with Gasteiger partial charge in [-0.3, -0.25) is 4.79 Å². The third kappa shape index (κ3) is 5.27. The van der Waals surface area contributed by atoms with Crippen LogP contribution in [0.15, 0.2) is 42.7 Å². The number of aromatic nitrogens is 4. The van der Waals surface area contributed by atoms with Crippen LogP contribution < -0.4 is 15.4 Å². The highest BCUT2D eigenvalue weighted by atomic mass is 16.5. The van der Waals surface area contributed by atoms with Gasteiger partial charge >= 0.3 is 0 Å². The van der Waals surface area contributed by atoms with Crippen molar-refractivity contribution >= 4 is 17.8 Å². The van der Waals surface area contributed by atoms with Crippen molar-refractivity contribution in [2.24, 2.45) is 0 Å². The molecule has 10 heteroatoms. The second-order valence-corrected chi connectivity index (χ2v) is 7.53. The summed E-state index contributed by atoms with van der Waals surface area (Å²) in [5.74, 6) is 1.79. The van der Waals surface area contributed by atoms with Gasteiger partial charge < -0.3 is 25.0 Å². The minimum Gasteiger partial charge on any atom is -0.439 e. The average molecular weight is 435 g/mol. The second kappa shape index (κ2) is 9.56. The molecule has 2 aromatic heterocycles. The number of anilines is 2. The van der Waals surface area contributed by atoms with Gasteiger partial charge in [-0.15, -0.1) is 0 Å². The molecule has 32 heavy (non-hydrogen) atoms. The fourth-order valence-electron chi connectivity index (χ4n) is 3.12. The topological polar surface area (TPSA) is 120 Å². The molecule has 0 aliphatic carbocycles. The van der Waals surface area contributed by atoms with Crippen LogP contribution in [-0.2, 0) is 16.0 Å². The Morgan fingerprint density at radius 3 is 2.47 bits per heavy atom. The van der Waals surface area contributed by atoms with Crippen LogP contribution in [0.2, 0.25) is 0 Å². The Bertz CT molecular complexity index is 1070. The van der Waals surface area contributed by atoms with Crippen molar-refractivity contribution in [1.29, 1.82) is 0 Å². The van der Waals surface area contributed by atoms with Crippen LogP contribution in [0.3, 0.4) is 0 Å². The number of rotatable bonds is 6. The van der Waals surface area contributed by atoms with Gasteiger partial charge in [0.25, 0.3) is 0 Å². The van der Waals surface area contributed by atoms with Gasteiger partial charge in [-0.2, -0.15) is 4.98 Å². The van der Waals surface area contributed by atoms with Gasteiger partial charge in [0.1, 0.15) is 5.75 Å². The Morgan fingerprint density at radius 2 is 1.81 bits per heavy atom. The predicted molar refractivity (Wildman–Crippen MR) is 119 cm³/mol. The van der Waals surface area contributed by atoms with Gasteiger partial charge in [-0.05, 0) is 17.7 Å². The van der Waals surface area contributed by atoms with E-state index in [2.05, 4.69) is 19.9 Å². The van der Waals surface area contributed by atoms with Gasteiger partial charge in [0, 0.05) is 51.2 Å². The normalized spacial score (nSPS) is 13.6. The van der Waals surface area contributed by atoms with Gasteiger partial charge in [0.15, 0.2) is 0 Å². The number of nitrogen functional groups attached to an aromatic ring is 1. The Balaban J connectivity index is 1.60. The number of amides is 1. The summed E-state index contributed by atoms with van der Waals surface area (Å²) in [5, 5.41) is 0. The SMILES string of the molecule is CN(C)C(=O)Cc1ccc(Oc2cc(-c3cnc(N)nc3)nc(N3CCOCC3)n2)cc1. The first-order chi connectivity index (χ1) is 15.5. The van der Waals surface area contributed by atoms with Crippen LogP contribution in [0.25, 0.3) is 11.3 Å². The summed E-state index contributed by atoms with van der Waals surface area (Å²) < 4.78 is 11.5. The number of nitrogens with zero attached hydrogens (tertiary/aromatic N) is 6. The zero-order valence-corrected chi connectivity index (χ0v) is 18.1. The lowest BCUT2D eigenvalue weighted by Gasteiger charge is -2.27. The van der Waals surface area contributed by atoms with Gasteiger partial charge in [-0.1, -0.05) is 12.1 Å². The third-order valence-electron chi connectivity index (χ3n) is 4.95. The number of benzene rings is 1. The molecule has 1 aromatic carbocycles. The van der Waals surface area contributed by atoms with E-state index in [1.165, 1.54) is 0 Å². The minimum absolute atomic E-state index is 0.0416. The minimum atomic E-state index is 0.0416. The molecule has 166 valence electrons. The first-order valence-corrected chi connectivity index (χ1v) is 10.2. The molecule has 1 fully saturated rings. The summed E-state index contributed by atoms with van der Waals surface area (Å²) in [6, 6.07) is 9.12. The van der Waals surface area contributed by atoms with Crippen LogP contribution in [0, 0.1) is 0 Å². The zero-order chi connectivity index (χ0) is 22.5. The summed E-state index contributed by atoms with van der Waals surface area (Å²) in [7, 11) is 3.48. The van der Waals surface area contributed by atoms with Gasteiger partial charge in [0.05, 0.1) is 25.3 Å². The van der Waals surface area contributed by atoms with E-state index in [1.807, 2.05) is 29.2 Å². The van der Waals surface area contributed by atoms with Crippen LogP contribution >= 0.6 is 0 Å². The molecular formula is C22H25N7O3. The largest absolute Gasteiger partial charge is 0.439 e. The van der Waals surface area contributed by atoms with E-state index in [0.29, 0.717) is 61.6 Å². The lowest BCUT2D eigenvalue weighted by atomic mass is 10.1. The van der Waals surface area contributed by atoms with E-state index in [-0.39, 0.29) is 11.9 Å². The number of ether oxygens (including phenoxy) is 2. The molecule has 3 aromatic rings. The Kier molecular flexibility index (Phi) is 6.41. The van der Waals surface area contributed by atoms with Crippen LogP contribution in [0.1, 0.15) is 5.56 Å². The number of likely N-dealkylation sites (N-methyl/N-ethyl adjacent to an activating group) is 1. The van der Waals surface area contributed by atoms with Crippen molar-refractivity contribution in [2.75, 3.05) is 51.0 Å². The molecule has 0 saturated carbocycles. The molecule has 2 N–H and O–H groups in total. The maximum Gasteiger partial charge on any atom is 0.229 e. The van der Waals surface area contributed by atoms with Crippen LogP contribution in [0.4, 0.5) is 11.9 Å². The molecule has 0 bridgehead atoms. The molecule has 1 amide bonds. The monoisotopic (exact) mass is 435 g/mol. The molecule has 0 radical (unpaired) electrons. The molecule has 1 aliphatic rings. The van der Waals surface area contributed by atoms with E-state index < -0.39 is 0 Å². The number of hydrogen-bond acceptors (Lipinski definition) is 9. The smallest absolute Gasteiger partial charge is 0.229 e. The van der Waals surface area contributed by atoms with Gasteiger partial charge in [-0.25, -0.2) is 15.0 Å². The predicted octanol–water partition coefficient (Wildman–Crippen LogP) is 1.78. The van der Waals surface area contributed by atoms with Crippen molar-refractivity contribution in [2.45, 2.75) is 6.42 Å². The summed E-state index contributed by atoms with van der Waals surface area (Å²) in [5.41, 5.74) is 7.86. The molecule has 4 rings (SSSR count). The highest BCUT2D eigenvalue weighted by molar-refractivity contribution is 5.78. The molecule has 0 spiro atoms. The number of morpholine rings is 1. The quantitative estimate of drug-likeness (QED) is 0.618. The highest BCUT2D eigenvalue weighted by Crippen LogP contribution is 2.27. The van der Waals surface area contributed by atoms with E-state index in [4.69, 9.17) is 15.2 Å².